The van der Waals surface area contributed by atoms with Gasteiger partial charge in [0.25, 0.3) is 5.91 Å². The third-order valence-electron chi connectivity index (χ3n) is 4.80. The normalized spacial score (nSPS) is 23.0. The Morgan fingerprint density at radius 2 is 2.13 bits per heavy atom. The number of piperidine rings is 1. The van der Waals surface area contributed by atoms with E-state index < -0.39 is 0 Å². The Morgan fingerprint density at radius 1 is 1.30 bits per heavy atom. The first kappa shape index (κ1) is 16.2. The molecule has 0 aromatic carbocycles. The number of rotatable bonds is 4. The largest absolute Gasteiger partial charge is 0.505 e. The van der Waals surface area contributed by atoms with Crippen LogP contribution in [-0.2, 0) is 4.74 Å². The fourth-order valence-electron chi connectivity index (χ4n) is 3.45. The molecular formula is C17H25N3O3. The maximum absolute atomic E-state index is 12.8. The van der Waals surface area contributed by atoms with Crippen molar-refractivity contribution < 1.29 is 14.6 Å². The Kier molecular flexibility index (Phi) is 5.46. The minimum absolute atomic E-state index is 0.0324. The second-order valence-corrected chi connectivity index (χ2v) is 6.28. The number of carbonyl (C=O) groups excluding carboxylic acids is 1. The number of carbonyl (C=O) groups is 1. The zero-order valence-electron chi connectivity index (χ0n) is 13.5. The molecule has 2 aliphatic heterocycles. The SMILES string of the molecule is O=C(c1ccncc1O)N1CCCC[C@H]1CCN1CCOCC1. The Labute approximate surface area is 137 Å². The third-order valence-corrected chi connectivity index (χ3v) is 4.80. The van der Waals surface area contributed by atoms with Gasteiger partial charge in [-0.1, -0.05) is 0 Å². The minimum atomic E-state index is -0.0726. The van der Waals surface area contributed by atoms with E-state index in [1.807, 2.05) is 4.90 Å². The lowest BCUT2D eigenvalue weighted by molar-refractivity contribution is 0.0295. The molecule has 0 bridgehead atoms. The number of nitrogens with zero attached hydrogens (tertiary/aromatic N) is 3. The zero-order chi connectivity index (χ0) is 16.1. The van der Waals surface area contributed by atoms with Gasteiger partial charge in [0.2, 0.25) is 0 Å². The third kappa shape index (κ3) is 4.00. The molecule has 126 valence electrons. The van der Waals surface area contributed by atoms with Crippen LogP contribution in [0.5, 0.6) is 5.75 Å². The molecule has 3 rings (SSSR count). The molecule has 1 atom stereocenters. The molecule has 6 nitrogen and oxygen atoms in total. The summed E-state index contributed by atoms with van der Waals surface area (Å²) in [4.78, 5) is 21.0. The fraction of sp³-hybridized carbons (Fsp3) is 0.647. The van der Waals surface area contributed by atoms with Crippen molar-refractivity contribution in [1.82, 2.24) is 14.8 Å². The number of pyridine rings is 1. The van der Waals surface area contributed by atoms with Gasteiger partial charge in [0.05, 0.1) is 25.0 Å². The van der Waals surface area contributed by atoms with Crippen LogP contribution in [0.15, 0.2) is 18.5 Å². The van der Waals surface area contributed by atoms with E-state index in [1.165, 1.54) is 12.6 Å². The number of hydrogen-bond acceptors (Lipinski definition) is 5. The number of ether oxygens (including phenoxy) is 1. The van der Waals surface area contributed by atoms with E-state index in [9.17, 15) is 9.90 Å². The van der Waals surface area contributed by atoms with Gasteiger partial charge in [-0.25, -0.2) is 0 Å². The van der Waals surface area contributed by atoms with Gasteiger partial charge < -0.3 is 14.7 Å². The van der Waals surface area contributed by atoms with Crippen molar-refractivity contribution in [3.05, 3.63) is 24.0 Å². The van der Waals surface area contributed by atoms with Crippen LogP contribution in [-0.4, -0.2) is 71.2 Å². The second kappa shape index (κ2) is 7.75. The molecule has 2 fully saturated rings. The smallest absolute Gasteiger partial charge is 0.257 e. The van der Waals surface area contributed by atoms with Crippen LogP contribution in [0, 0.1) is 0 Å². The van der Waals surface area contributed by atoms with Crippen LogP contribution in [0.25, 0.3) is 0 Å². The molecule has 1 N–H and O–H groups in total. The number of hydrogen-bond donors (Lipinski definition) is 1. The van der Waals surface area contributed by atoms with Gasteiger partial charge in [0.1, 0.15) is 5.75 Å². The Balaban J connectivity index is 1.63. The van der Waals surface area contributed by atoms with Crippen molar-refractivity contribution in [3.8, 4) is 5.75 Å². The van der Waals surface area contributed by atoms with Gasteiger partial charge in [-0.2, -0.15) is 0 Å². The van der Waals surface area contributed by atoms with E-state index in [0.717, 1.165) is 58.7 Å². The van der Waals surface area contributed by atoms with Crippen molar-refractivity contribution >= 4 is 5.91 Å². The zero-order valence-corrected chi connectivity index (χ0v) is 13.5. The van der Waals surface area contributed by atoms with Crippen LogP contribution < -0.4 is 0 Å². The summed E-state index contributed by atoms with van der Waals surface area (Å²) in [5.41, 5.74) is 0.360. The molecule has 3 heterocycles. The average Bonchev–Trinajstić information content (AvgIpc) is 2.61. The average molecular weight is 319 g/mol. The summed E-state index contributed by atoms with van der Waals surface area (Å²) in [6, 6.07) is 1.86. The molecule has 23 heavy (non-hydrogen) atoms. The van der Waals surface area contributed by atoms with E-state index in [0.29, 0.717) is 5.56 Å². The van der Waals surface area contributed by atoms with Crippen molar-refractivity contribution in [3.63, 3.8) is 0 Å². The van der Waals surface area contributed by atoms with Gasteiger partial charge in [-0.05, 0) is 31.7 Å². The fourth-order valence-corrected chi connectivity index (χ4v) is 3.45. The summed E-state index contributed by atoms with van der Waals surface area (Å²) in [6.07, 6.45) is 7.12. The molecule has 1 aromatic heterocycles. The van der Waals surface area contributed by atoms with Gasteiger partial charge >= 0.3 is 0 Å². The summed E-state index contributed by atoms with van der Waals surface area (Å²) in [6.45, 7) is 5.34. The van der Waals surface area contributed by atoms with Crippen LogP contribution in [0.1, 0.15) is 36.0 Å². The highest BCUT2D eigenvalue weighted by molar-refractivity contribution is 5.96. The molecule has 0 aliphatic carbocycles. The standard InChI is InChI=1S/C17H25N3O3/c21-16-13-18-6-4-15(16)17(22)20-7-2-1-3-14(20)5-8-19-9-11-23-12-10-19/h4,6,13-14,21H,1-3,5,7-12H2/t14-/m0/s1. The maximum atomic E-state index is 12.8. The number of likely N-dealkylation sites (tertiary alicyclic amines) is 1. The molecule has 1 amide bonds. The van der Waals surface area contributed by atoms with Crippen LogP contribution in [0.3, 0.4) is 0 Å². The van der Waals surface area contributed by atoms with E-state index in [2.05, 4.69) is 9.88 Å². The van der Waals surface area contributed by atoms with Gasteiger partial charge in [-0.3, -0.25) is 14.7 Å². The highest BCUT2D eigenvalue weighted by atomic mass is 16.5. The molecule has 0 unspecified atom stereocenters. The number of amides is 1. The molecular weight excluding hydrogens is 294 g/mol. The minimum Gasteiger partial charge on any atom is -0.505 e. The summed E-state index contributed by atoms with van der Waals surface area (Å²) in [7, 11) is 0. The molecule has 0 radical (unpaired) electrons. The van der Waals surface area contributed by atoms with E-state index in [4.69, 9.17) is 4.74 Å². The monoisotopic (exact) mass is 319 g/mol. The second-order valence-electron chi connectivity index (χ2n) is 6.28. The van der Waals surface area contributed by atoms with Crippen LogP contribution in [0.2, 0.25) is 0 Å². The first-order valence-electron chi connectivity index (χ1n) is 8.50. The van der Waals surface area contributed by atoms with Crippen molar-refractivity contribution in [2.45, 2.75) is 31.7 Å². The first-order valence-corrected chi connectivity index (χ1v) is 8.50. The number of morpholine rings is 1. The Morgan fingerprint density at radius 3 is 2.91 bits per heavy atom. The lowest BCUT2D eigenvalue weighted by atomic mass is 9.98. The summed E-state index contributed by atoms with van der Waals surface area (Å²) in [5, 5.41) is 9.90. The highest BCUT2D eigenvalue weighted by Crippen LogP contribution is 2.25. The lowest BCUT2D eigenvalue weighted by Crippen LogP contribution is -2.46. The van der Waals surface area contributed by atoms with Crippen LogP contribution >= 0.6 is 0 Å². The summed E-state index contributed by atoms with van der Waals surface area (Å²) in [5.74, 6) is -0.105. The van der Waals surface area contributed by atoms with Gasteiger partial charge in [0, 0.05) is 38.4 Å². The summed E-state index contributed by atoms with van der Waals surface area (Å²) >= 11 is 0. The molecule has 6 heteroatoms. The highest BCUT2D eigenvalue weighted by Gasteiger charge is 2.29. The molecule has 1 aromatic rings. The van der Waals surface area contributed by atoms with E-state index in [1.54, 1.807) is 12.3 Å². The van der Waals surface area contributed by atoms with E-state index >= 15 is 0 Å². The van der Waals surface area contributed by atoms with Crippen molar-refractivity contribution in [2.24, 2.45) is 0 Å². The maximum Gasteiger partial charge on any atom is 0.257 e. The van der Waals surface area contributed by atoms with Crippen molar-refractivity contribution in [1.29, 1.82) is 0 Å². The predicted octanol–water partition coefficient (Wildman–Crippen LogP) is 1.50. The number of aromatic hydroxyl groups is 1. The quantitative estimate of drug-likeness (QED) is 0.911. The topological polar surface area (TPSA) is 65.9 Å². The molecule has 2 aliphatic rings. The number of aromatic nitrogens is 1. The summed E-state index contributed by atoms with van der Waals surface area (Å²) < 4.78 is 5.38. The van der Waals surface area contributed by atoms with E-state index in [-0.39, 0.29) is 17.7 Å². The molecule has 0 saturated carbocycles. The van der Waals surface area contributed by atoms with Gasteiger partial charge in [-0.15, -0.1) is 0 Å². The molecule has 2 saturated heterocycles. The van der Waals surface area contributed by atoms with Crippen LogP contribution in [0.4, 0.5) is 0 Å². The first-order chi connectivity index (χ1) is 11.3. The van der Waals surface area contributed by atoms with Gasteiger partial charge in [0.15, 0.2) is 0 Å². The molecule has 0 spiro atoms. The van der Waals surface area contributed by atoms with Crippen molar-refractivity contribution in [2.75, 3.05) is 39.4 Å². The Bertz CT molecular complexity index is 532. The Hall–Kier alpha value is -1.66. The predicted molar refractivity (Wildman–Crippen MR) is 86.5 cm³/mol. The lowest BCUT2D eigenvalue weighted by Gasteiger charge is -2.37.